The molecule has 0 aliphatic heterocycles. The molecule has 0 saturated carbocycles. The summed E-state index contributed by atoms with van der Waals surface area (Å²) >= 11 is 0. The van der Waals surface area contributed by atoms with Crippen LogP contribution >= 0.6 is 0 Å². The van der Waals surface area contributed by atoms with Gasteiger partial charge >= 0.3 is 0 Å². The van der Waals surface area contributed by atoms with Crippen molar-refractivity contribution in [2.24, 2.45) is 7.05 Å². The van der Waals surface area contributed by atoms with Crippen molar-refractivity contribution in [1.82, 2.24) is 4.57 Å². The Bertz CT molecular complexity index is 396. The van der Waals surface area contributed by atoms with Gasteiger partial charge in [-0.1, -0.05) is 13.0 Å². The van der Waals surface area contributed by atoms with E-state index in [1.807, 2.05) is 0 Å². The van der Waals surface area contributed by atoms with Crippen LogP contribution in [-0.4, -0.2) is 4.57 Å². The lowest BCUT2D eigenvalue weighted by atomic mass is 9.87. The van der Waals surface area contributed by atoms with E-state index in [0.29, 0.717) is 0 Å². The van der Waals surface area contributed by atoms with Gasteiger partial charge in [0, 0.05) is 18.4 Å². The van der Waals surface area contributed by atoms with E-state index in [1.165, 1.54) is 30.5 Å². The number of rotatable bonds is 1. The summed E-state index contributed by atoms with van der Waals surface area (Å²) in [5, 5.41) is 0. The van der Waals surface area contributed by atoms with E-state index in [-0.39, 0.29) is 0 Å². The Morgan fingerprint density at radius 1 is 1.40 bits per heavy atom. The lowest BCUT2D eigenvalue weighted by Gasteiger charge is -2.21. The molecule has 0 amide bonds. The van der Waals surface area contributed by atoms with Gasteiger partial charge in [-0.2, -0.15) is 0 Å². The van der Waals surface area contributed by atoms with Crippen LogP contribution in [0.3, 0.4) is 0 Å². The molecular formula is C14H21N. The molecule has 1 aliphatic rings. The van der Waals surface area contributed by atoms with Gasteiger partial charge in [-0.3, -0.25) is 0 Å². The molecule has 0 saturated heterocycles. The van der Waals surface area contributed by atoms with Crippen LogP contribution in [0, 0.1) is 6.92 Å². The van der Waals surface area contributed by atoms with Gasteiger partial charge in [0.1, 0.15) is 0 Å². The molecule has 0 spiro atoms. The number of aromatic nitrogens is 1. The first-order chi connectivity index (χ1) is 7.16. The molecule has 15 heavy (non-hydrogen) atoms. The van der Waals surface area contributed by atoms with Crippen LogP contribution in [0.5, 0.6) is 0 Å². The second kappa shape index (κ2) is 3.88. The van der Waals surface area contributed by atoms with Gasteiger partial charge in [0.05, 0.1) is 0 Å². The maximum atomic E-state index is 2.40. The number of fused-ring (bicyclic) bond motifs is 1. The summed E-state index contributed by atoms with van der Waals surface area (Å²) in [5.74, 6) is 0.733. The quantitative estimate of drug-likeness (QED) is 0.654. The fourth-order valence-electron chi connectivity index (χ4n) is 2.99. The van der Waals surface area contributed by atoms with Gasteiger partial charge in [0.15, 0.2) is 0 Å². The van der Waals surface area contributed by atoms with Crippen molar-refractivity contribution in [1.29, 1.82) is 0 Å². The highest BCUT2D eigenvalue weighted by molar-refractivity contribution is 5.56. The van der Waals surface area contributed by atoms with Crippen molar-refractivity contribution >= 4 is 6.08 Å². The average Bonchev–Trinajstić information content (AvgIpc) is 2.45. The van der Waals surface area contributed by atoms with Crippen LogP contribution in [-0.2, 0) is 13.5 Å². The zero-order valence-electron chi connectivity index (χ0n) is 10.3. The second-order valence-electron chi connectivity index (χ2n) is 4.73. The highest BCUT2D eigenvalue weighted by Gasteiger charge is 2.23. The van der Waals surface area contributed by atoms with Gasteiger partial charge in [-0.25, -0.2) is 0 Å². The van der Waals surface area contributed by atoms with Crippen molar-refractivity contribution < 1.29 is 0 Å². The SMILES string of the molecule is C/C=C\c1c(C)c2c(n1C)C(C)CCC2. The Morgan fingerprint density at radius 2 is 2.13 bits per heavy atom. The minimum absolute atomic E-state index is 0.733. The van der Waals surface area contributed by atoms with E-state index in [4.69, 9.17) is 0 Å². The number of nitrogens with zero attached hydrogens (tertiary/aromatic N) is 1. The average molecular weight is 203 g/mol. The highest BCUT2D eigenvalue weighted by atomic mass is 15.0. The molecule has 2 rings (SSSR count). The molecule has 1 aromatic rings. The number of allylic oxidation sites excluding steroid dienone is 1. The molecule has 1 aliphatic carbocycles. The molecule has 82 valence electrons. The molecule has 0 aromatic carbocycles. The molecule has 1 aromatic heterocycles. The Morgan fingerprint density at radius 3 is 2.73 bits per heavy atom. The van der Waals surface area contributed by atoms with E-state index >= 15 is 0 Å². The van der Waals surface area contributed by atoms with Gasteiger partial charge in [0.2, 0.25) is 0 Å². The van der Waals surface area contributed by atoms with Crippen LogP contribution in [0.4, 0.5) is 0 Å². The topological polar surface area (TPSA) is 4.93 Å². The largest absolute Gasteiger partial charge is 0.347 e. The molecule has 0 bridgehead atoms. The maximum absolute atomic E-state index is 2.40. The Kier molecular flexibility index (Phi) is 2.72. The van der Waals surface area contributed by atoms with Crippen LogP contribution < -0.4 is 0 Å². The van der Waals surface area contributed by atoms with Crippen molar-refractivity contribution in [2.75, 3.05) is 0 Å². The fourth-order valence-corrected chi connectivity index (χ4v) is 2.99. The van der Waals surface area contributed by atoms with E-state index in [9.17, 15) is 0 Å². The van der Waals surface area contributed by atoms with Crippen LogP contribution in [0.15, 0.2) is 6.08 Å². The summed E-state index contributed by atoms with van der Waals surface area (Å²) in [6.45, 7) is 6.72. The Hall–Kier alpha value is -0.980. The summed E-state index contributed by atoms with van der Waals surface area (Å²) < 4.78 is 2.40. The highest BCUT2D eigenvalue weighted by Crippen LogP contribution is 2.36. The van der Waals surface area contributed by atoms with Crippen LogP contribution in [0.1, 0.15) is 55.1 Å². The van der Waals surface area contributed by atoms with E-state index in [0.717, 1.165) is 5.92 Å². The standard InChI is InChI=1S/C14H21N/c1-5-7-13-11(3)12-9-6-8-10(2)14(12)15(13)4/h5,7,10H,6,8-9H2,1-4H3/b7-5-. The van der Waals surface area contributed by atoms with Crippen LogP contribution in [0.25, 0.3) is 6.08 Å². The normalized spacial score (nSPS) is 20.9. The third kappa shape index (κ3) is 1.54. The summed E-state index contributed by atoms with van der Waals surface area (Å²) in [4.78, 5) is 0. The monoisotopic (exact) mass is 203 g/mol. The molecular weight excluding hydrogens is 182 g/mol. The molecule has 1 heteroatoms. The first kappa shape index (κ1) is 10.5. The lowest BCUT2D eigenvalue weighted by molar-refractivity contribution is 0.556. The smallest absolute Gasteiger partial charge is 0.0435 e. The van der Waals surface area contributed by atoms with Gasteiger partial charge in [0.25, 0.3) is 0 Å². The molecule has 0 fully saturated rings. The summed E-state index contributed by atoms with van der Waals surface area (Å²) in [5.41, 5.74) is 6.09. The maximum Gasteiger partial charge on any atom is 0.0435 e. The van der Waals surface area contributed by atoms with Crippen molar-refractivity contribution in [3.05, 3.63) is 28.6 Å². The van der Waals surface area contributed by atoms with Crippen molar-refractivity contribution in [3.8, 4) is 0 Å². The third-order valence-electron chi connectivity index (χ3n) is 3.72. The van der Waals surface area contributed by atoms with E-state index in [1.54, 1.807) is 11.3 Å². The van der Waals surface area contributed by atoms with Crippen molar-refractivity contribution in [3.63, 3.8) is 0 Å². The van der Waals surface area contributed by atoms with Crippen molar-refractivity contribution in [2.45, 2.75) is 46.0 Å². The predicted octanol–water partition coefficient (Wildman–Crippen LogP) is 3.81. The summed E-state index contributed by atoms with van der Waals surface area (Å²) in [7, 11) is 2.21. The van der Waals surface area contributed by atoms with Gasteiger partial charge in [-0.05, 0) is 56.2 Å². The Labute approximate surface area is 92.8 Å². The minimum atomic E-state index is 0.733. The van der Waals surface area contributed by atoms with E-state index in [2.05, 4.69) is 44.5 Å². The van der Waals surface area contributed by atoms with Gasteiger partial charge < -0.3 is 4.57 Å². The predicted molar refractivity (Wildman–Crippen MR) is 66.2 cm³/mol. The molecule has 0 radical (unpaired) electrons. The summed E-state index contributed by atoms with van der Waals surface area (Å²) in [6, 6.07) is 0. The second-order valence-corrected chi connectivity index (χ2v) is 4.73. The molecule has 1 atom stereocenters. The zero-order chi connectivity index (χ0) is 11.0. The minimum Gasteiger partial charge on any atom is -0.347 e. The number of hydrogen-bond donors (Lipinski definition) is 0. The van der Waals surface area contributed by atoms with Crippen LogP contribution in [0.2, 0.25) is 0 Å². The first-order valence-corrected chi connectivity index (χ1v) is 5.97. The molecule has 0 N–H and O–H groups in total. The van der Waals surface area contributed by atoms with E-state index < -0.39 is 0 Å². The fraction of sp³-hybridized carbons (Fsp3) is 0.571. The molecule has 1 heterocycles. The zero-order valence-corrected chi connectivity index (χ0v) is 10.3. The third-order valence-corrected chi connectivity index (χ3v) is 3.72. The van der Waals surface area contributed by atoms with Gasteiger partial charge in [-0.15, -0.1) is 0 Å². The lowest BCUT2D eigenvalue weighted by Crippen LogP contribution is -2.10. The number of hydrogen-bond acceptors (Lipinski definition) is 0. The first-order valence-electron chi connectivity index (χ1n) is 5.97. The molecule has 1 nitrogen and oxygen atoms in total. The summed E-state index contributed by atoms with van der Waals surface area (Å²) in [6.07, 6.45) is 8.35. The molecule has 1 unspecified atom stereocenters. The Balaban J connectivity index is 2.61.